The second kappa shape index (κ2) is 8.39. The number of pyridine rings is 1. The Morgan fingerprint density at radius 2 is 1.67 bits per heavy atom. The highest BCUT2D eigenvalue weighted by Gasteiger charge is 2.33. The maximum Gasteiger partial charge on any atom is 0.129 e. The Morgan fingerprint density at radius 1 is 0.933 bits per heavy atom. The number of fused-ring (bicyclic) bond motifs is 3. The Morgan fingerprint density at radius 3 is 2.33 bits per heavy atom. The Bertz CT molecular complexity index is 934. The molecule has 2 bridgehead atoms. The van der Waals surface area contributed by atoms with Crippen LogP contribution in [0.5, 0.6) is 0 Å². The van der Waals surface area contributed by atoms with Crippen LogP contribution >= 0.6 is 0 Å². The zero-order valence-corrected chi connectivity index (χ0v) is 17.2. The Kier molecular flexibility index (Phi) is 5.47. The maximum atomic E-state index is 9.92. The fourth-order valence-corrected chi connectivity index (χ4v) is 4.96. The third-order valence-corrected chi connectivity index (χ3v) is 6.81. The molecule has 3 atom stereocenters. The van der Waals surface area contributed by atoms with Gasteiger partial charge < -0.3 is 20.0 Å². The summed E-state index contributed by atoms with van der Waals surface area (Å²) in [5, 5.41) is 19.8. The molecule has 5 heteroatoms. The molecule has 1 aromatic heterocycles. The monoisotopic (exact) mass is 403 g/mol. The molecular formula is C25H29N3O2. The zero-order chi connectivity index (χ0) is 20.5. The predicted octanol–water partition coefficient (Wildman–Crippen LogP) is 1.91. The first-order chi connectivity index (χ1) is 14.7. The van der Waals surface area contributed by atoms with Crippen LogP contribution in [0.4, 0.5) is 5.82 Å². The van der Waals surface area contributed by atoms with Crippen molar-refractivity contribution in [3.05, 3.63) is 59.3 Å². The van der Waals surface area contributed by atoms with Crippen molar-refractivity contribution < 1.29 is 10.2 Å². The lowest BCUT2D eigenvalue weighted by Crippen LogP contribution is -2.46. The van der Waals surface area contributed by atoms with Gasteiger partial charge in [-0.25, -0.2) is 4.98 Å². The summed E-state index contributed by atoms with van der Waals surface area (Å²) in [4.78, 5) is 9.41. The van der Waals surface area contributed by atoms with Gasteiger partial charge in [-0.05, 0) is 49.5 Å². The minimum atomic E-state index is -0.722. The average molecular weight is 404 g/mol. The van der Waals surface area contributed by atoms with Crippen molar-refractivity contribution in [3.8, 4) is 11.8 Å². The fourth-order valence-electron chi connectivity index (χ4n) is 4.96. The molecule has 4 fully saturated rings. The SMILES string of the molecule is O[C@@H]1CN(c2ccc(C#CC3CN4CCC3CC4)c(Cc3ccccc3)n2)C[C@H]1O. The largest absolute Gasteiger partial charge is 0.389 e. The molecule has 156 valence electrons. The number of aromatic nitrogens is 1. The van der Waals surface area contributed by atoms with Crippen molar-refractivity contribution >= 4 is 5.82 Å². The summed E-state index contributed by atoms with van der Waals surface area (Å²) in [6.07, 6.45) is 1.82. The molecule has 0 aliphatic carbocycles. The van der Waals surface area contributed by atoms with Crippen LogP contribution < -0.4 is 4.90 Å². The minimum Gasteiger partial charge on any atom is -0.389 e. The molecule has 4 aliphatic heterocycles. The van der Waals surface area contributed by atoms with E-state index in [0.717, 1.165) is 36.0 Å². The van der Waals surface area contributed by atoms with Crippen LogP contribution in [0.25, 0.3) is 0 Å². The lowest BCUT2D eigenvalue weighted by molar-refractivity contribution is 0.0572. The topological polar surface area (TPSA) is 59.8 Å². The molecule has 0 amide bonds. The first-order valence-electron chi connectivity index (χ1n) is 11.0. The van der Waals surface area contributed by atoms with Crippen LogP contribution in [-0.4, -0.2) is 65.0 Å². The highest BCUT2D eigenvalue weighted by Crippen LogP contribution is 2.32. The summed E-state index contributed by atoms with van der Waals surface area (Å²) in [6.45, 7) is 4.37. The van der Waals surface area contributed by atoms with Crippen molar-refractivity contribution in [3.63, 3.8) is 0 Å². The molecule has 1 unspecified atom stereocenters. The lowest BCUT2D eigenvalue weighted by atomic mass is 9.79. The standard InChI is InChI=1S/C25H29N3O2/c29-23-16-28(17-24(23)30)25-9-8-20(22(26-25)14-18-4-2-1-3-5-18)6-7-21-15-27-12-10-19(21)11-13-27/h1-5,8-9,19,21,23-24,29-30H,10-17H2/t21?,23-,24-/m1/s1. The van der Waals surface area contributed by atoms with E-state index in [-0.39, 0.29) is 0 Å². The number of rotatable bonds is 3. The van der Waals surface area contributed by atoms with Crippen molar-refractivity contribution in [2.45, 2.75) is 31.5 Å². The first-order valence-corrected chi connectivity index (χ1v) is 11.0. The van der Waals surface area contributed by atoms with Crippen LogP contribution in [0.3, 0.4) is 0 Å². The van der Waals surface area contributed by atoms with E-state index in [1.54, 1.807) is 0 Å². The maximum absolute atomic E-state index is 9.92. The van der Waals surface area contributed by atoms with Gasteiger partial charge in [-0.2, -0.15) is 0 Å². The molecule has 4 saturated heterocycles. The van der Waals surface area contributed by atoms with E-state index < -0.39 is 12.2 Å². The van der Waals surface area contributed by atoms with Gasteiger partial charge in [0.05, 0.1) is 17.9 Å². The molecule has 30 heavy (non-hydrogen) atoms. The molecule has 5 nitrogen and oxygen atoms in total. The van der Waals surface area contributed by atoms with E-state index in [0.29, 0.717) is 19.0 Å². The third kappa shape index (κ3) is 4.09. The number of benzene rings is 1. The van der Waals surface area contributed by atoms with Gasteiger partial charge in [-0.1, -0.05) is 42.2 Å². The number of aliphatic hydroxyl groups is 2. The van der Waals surface area contributed by atoms with Gasteiger partial charge >= 0.3 is 0 Å². The summed E-state index contributed by atoms with van der Waals surface area (Å²) >= 11 is 0. The summed E-state index contributed by atoms with van der Waals surface area (Å²) in [5.74, 6) is 9.03. The molecule has 5 heterocycles. The first kappa shape index (κ1) is 19.6. The van der Waals surface area contributed by atoms with Crippen LogP contribution in [0.15, 0.2) is 42.5 Å². The molecule has 6 rings (SSSR count). The van der Waals surface area contributed by atoms with Gasteiger partial charge in [0, 0.05) is 37.5 Å². The van der Waals surface area contributed by atoms with Gasteiger partial charge in [0.15, 0.2) is 0 Å². The van der Waals surface area contributed by atoms with E-state index in [2.05, 4.69) is 34.9 Å². The fraction of sp³-hybridized carbons (Fsp3) is 0.480. The predicted molar refractivity (Wildman–Crippen MR) is 117 cm³/mol. The number of anilines is 1. The van der Waals surface area contributed by atoms with Crippen LogP contribution in [-0.2, 0) is 6.42 Å². The second-order valence-electron chi connectivity index (χ2n) is 8.88. The van der Waals surface area contributed by atoms with E-state index >= 15 is 0 Å². The quantitative estimate of drug-likeness (QED) is 0.767. The molecule has 0 saturated carbocycles. The summed E-state index contributed by atoms with van der Waals surface area (Å²) in [6, 6.07) is 14.4. The van der Waals surface area contributed by atoms with E-state index in [4.69, 9.17) is 4.98 Å². The van der Waals surface area contributed by atoms with Gasteiger partial charge in [-0.15, -0.1) is 0 Å². The van der Waals surface area contributed by atoms with Crippen LogP contribution in [0, 0.1) is 23.7 Å². The smallest absolute Gasteiger partial charge is 0.129 e. The van der Waals surface area contributed by atoms with E-state index in [9.17, 15) is 10.2 Å². The number of hydrogen-bond acceptors (Lipinski definition) is 5. The van der Waals surface area contributed by atoms with Gasteiger partial charge in [0.2, 0.25) is 0 Å². The van der Waals surface area contributed by atoms with Crippen molar-refractivity contribution in [2.24, 2.45) is 11.8 Å². The summed E-state index contributed by atoms with van der Waals surface area (Å²) in [5.41, 5.74) is 3.15. The molecule has 0 radical (unpaired) electrons. The van der Waals surface area contributed by atoms with Crippen molar-refractivity contribution in [1.29, 1.82) is 0 Å². The molecule has 4 aliphatic rings. The molecule has 2 N–H and O–H groups in total. The van der Waals surface area contributed by atoms with E-state index in [1.165, 1.54) is 31.5 Å². The Labute approximate surface area is 178 Å². The number of piperidine rings is 3. The lowest BCUT2D eigenvalue weighted by Gasteiger charge is -2.42. The second-order valence-corrected chi connectivity index (χ2v) is 8.88. The van der Waals surface area contributed by atoms with Crippen molar-refractivity contribution in [2.75, 3.05) is 37.6 Å². The number of nitrogens with zero attached hydrogens (tertiary/aromatic N) is 3. The van der Waals surface area contributed by atoms with Gasteiger partial charge in [0.1, 0.15) is 5.82 Å². The highest BCUT2D eigenvalue weighted by molar-refractivity contribution is 5.49. The highest BCUT2D eigenvalue weighted by atomic mass is 16.3. The van der Waals surface area contributed by atoms with E-state index in [1.807, 2.05) is 29.2 Å². The van der Waals surface area contributed by atoms with Crippen molar-refractivity contribution in [1.82, 2.24) is 9.88 Å². The van der Waals surface area contributed by atoms with Crippen LogP contribution in [0.2, 0.25) is 0 Å². The minimum absolute atomic E-state index is 0.406. The number of β-amino-alcohol motifs (C(OH)–C–C–N with tert-alkyl or cyclic N) is 2. The average Bonchev–Trinajstić information content (AvgIpc) is 3.13. The molecule has 0 spiro atoms. The van der Waals surface area contributed by atoms with Gasteiger partial charge in [-0.3, -0.25) is 0 Å². The Balaban J connectivity index is 1.43. The van der Waals surface area contributed by atoms with Gasteiger partial charge in [0.25, 0.3) is 0 Å². The number of aliphatic hydroxyl groups excluding tert-OH is 2. The molecular weight excluding hydrogens is 374 g/mol. The zero-order valence-electron chi connectivity index (χ0n) is 17.2. The Hall–Kier alpha value is -2.39. The molecule has 1 aromatic carbocycles. The normalized spacial score (nSPS) is 30.2. The van der Waals surface area contributed by atoms with Crippen LogP contribution in [0.1, 0.15) is 29.7 Å². The number of hydrogen-bond donors (Lipinski definition) is 2. The summed E-state index contributed by atoms with van der Waals surface area (Å²) < 4.78 is 0. The third-order valence-electron chi connectivity index (χ3n) is 6.81. The summed E-state index contributed by atoms with van der Waals surface area (Å²) in [7, 11) is 0. The molecule has 2 aromatic rings.